The Morgan fingerprint density at radius 3 is 2.89 bits per heavy atom. The largest absolute Gasteiger partial charge is 0.396 e. The summed E-state index contributed by atoms with van der Waals surface area (Å²) in [5.74, 6) is -0.135. The third-order valence-corrected chi connectivity index (χ3v) is 3.14. The van der Waals surface area contributed by atoms with E-state index in [0.717, 1.165) is 11.0 Å². The van der Waals surface area contributed by atoms with E-state index in [2.05, 4.69) is 10.3 Å². The molecule has 0 aliphatic rings. The molecule has 0 unspecified atom stereocenters. The molecule has 0 saturated heterocycles. The molecule has 1 aromatic heterocycles. The van der Waals surface area contributed by atoms with Crippen LogP contribution in [0.15, 0.2) is 24.5 Å². The van der Waals surface area contributed by atoms with Crippen LogP contribution >= 0.6 is 0 Å². The molecule has 0 saturated carbocycles. The second kappa shape index (κ2) is 5.01. The van der Waals surface area contributed by atoms with Crippen molar-refractivity contribution in [3.05, 3.63) is 30.1 Å². The summed E-state index contributed by atoms with van der Waals surface area (Å²) < 4.78 is 1.88. The van der Waals surface area contributed by atoms with E-state index in [0.29, 0.717) is 12.1 Å². The first-order valence-electron chi connectivity index (χ1n) is 6.23. The topological polar surface area (TPSA) is 67.2 Å². The Morgan fingerprint density at radius 1 is 1.47 bits per heavy atom. The molecule has 0 aliphatic carbocycles. The van der Waals surface area contributed by atoms with Gasteiger partial charge < -0.3 is 15.0 Å². The van der Waals surface area contributed by atoms with E-state index in [1.807, 2.05) is 37.6 Å². The van der Waals surface area contributed by atoms with Crippen molar-refractivity contribution in [3.8, 4) is 0 Å². The standard InChI is InChI=1S/C14H19N3O2/c1-14(2,8-18)7-15-13(19)10-4-5-11-12(6-10)17(3)9-16-11/h4-6,9,18H,7-8H2,1-3H3,(H,15,19). The van der Waals surface area contributed by atoms with Crippen molar-refractivity contribution in [2.24, 2.45) is 12.5 Å². The number of benzene rings is 1. The SMILES string of the molecule is Cn1cnc2ccc(C(=O)NCC(C)(C)CO)cc21. The van der Waals surface area contributed by atoms with Crippen molar-refractivity contribution in [2.75, 3.05) is 13.2 Å². The van der Waals surface area contributed by atoms with Gasteiger partial charge in [-0.05, 0) is 18.2 Å². The first-order chi connectivity index (χ1) is 8.93. The number of aliphatic hydroxyl groups excluding tert-OH is 1. The number of aliphatic hydroxyl groups is 1. The van der Waals surface area contributed by atoms with Gasteiger partial charge in [-0.3, -0.25) is 4.79 Å². The summed E-state index contributed by atoms with van der Waals surface area (Å²) in [7, 11) is 1.89. The highest BCUT2D eigenvalue weighted by Crippen LogP contribution is 2.15. The van der Waals surface area contributed by atoms with Gasteiger partial charge in [0.25, 0.3) is 5.91 Å². The predicted molar refractivity (Wildman–Crippen MR) is 73.9 cm³/mol. The summed E-state index contributed by atoms with van der Waals surface area (Å²) >= 11 is 0. The van der Waals surface area contributed by atoms with Crippen LogP contribution in [0.25, 0.3) is 11.0 Å². The maximum atomic E-state index is 12.1. The van der Waals surface area contributed by atoms with Gasteiger partial charge >= 0.3 is 0 Å². The zero-order valence-corrected chi connectivity index (χ0v) is 11.5. The summed E-state index contributed by atoms with van der Waals surface area (Å²) in [5.41, 5.74) is 2.08. The Bertz CT molecular complexity index is 602. The lowest BCUT2D eigenvalue weighted by Gasteiger charge is -2.21. The quantitative estimate of drug-likeness (QED) is 0.872. The van der Waals surface area contributed by atoms with Crippen molar-refractivity contribution >= 4 is 16.9 Å². The first kappa shape index (κ1) is 13.5. The number of fused-ring (bicyclic) bond motifs is 1. The molecular weight excluding hydrogens is 242 g/mol. The number of hydrogen-bond acceptors (Lipinski definition) is 3. The predicted octanol–water partition coefficient (Wildman–Crippen LogP) is 1.32. The average molecular weight is 261 g/mol. The Hall–Kier alpha value is -1.88. The number of aromatic nitrogens is 2. The van der Waals surface area contributed by atoms with Crippen molar-refractivity contribution in [1.82, 2.24) is 14.9 Å². The van der Waals surface area contributed by atoms with Crippen LogP contribution in [0.5, 0.6) is 0 Å². The number of rotatable bonds is 4. The van der Waals surface area contributed by atoms with E-state index >= 15 is 0 Å². The van der Waals surface area contributed by atoms with Crippen LogP contribution in [0.2, 0.25) is 0 Å². The Labute approximate surface area is 112 Å². The van der Waals surface area contributed by atoms with Crippen LogP contribution in [0.4, 0.5) is 0 Å². The lowest BCUT2D eigenvalue weighted by Crippen LogP contribution is -2.36. The molecular formula is C14H19N3O2. The van der Waals surface area contributed by atoms with E-state index < -0.39 is 0 Å². The summed E-state index contributed by atoms with van der Waals surface area (Å²) in [5, 5.41) is 12.0. The number of aryl methyl sites for hydroxylation is 1. The molecule has 2 rings (SSSR count). The lowest BCUT2D eigenvalue weighted by atomic mass is 9.95. The van der Waals surface area contributed by atoms with Crippen molar-refractivity contribution in [3.63, 3.8) is 0 Å². The minimum Gasteiger partial charge on any atom is -0.396 e. The van der Waals surface area contributed by atoms with E-state index in [1.54, 1.807) is 12.4 Å². The zero-order chi connectivity index (χ0) is 14.0. The molecule has 5 heteroatoms. The molecule has 2 N–H and O–H groups in total. The number of amides is 1. The summed E-state index contributed by atoms with van der Waals surface area (Å²) in [4.78, 5) is 16.3. The second-order valence-corrected chi connectivity index (χ2v) is 5.56. The number of imidazole rings is 1. The maximum absolute atomic E-state index is 12.1. The van der Waals surface area contributed by atoms with Gasteiger partial charge in [0.2, 0.25) is 0 Å². The van der Waals surface area contributed by atoms with E-state index in [1.165, 1.54) is 0 Å². The smallest absolute Gasteiger partial charge is 0.251 e. The van der Waals surface area contributed by atoms with Gasteiger partial charge in [0, 0.05) is 31.2 Å². The molecule has 0 aliphatic heterocycles. The number of hydrogen-bond donors (Lipinski definition) is 2. The van der Waals surface area contributed by atoms with Crippen molar-refractivity contribution in [1.29, 1.82) is 0 Å². The molecule has 1 heterocycles. The van der Waals surface area contributed by atoms with Crippen LogP contribution < -0.4 is 5.32 Å². The number of carbonyl (C=O) groups is 1. The van der Waals surface area contributed by atoms with Gasteiger partial charge in [-0.15, -0.1) is 0 Å². The minimum absolute atomic E-state index is 0.0358. The molecule has 102 valence electrons. The maximum Gasteiger partial charge on any atom is 0.251 e. The van der Waals surface area contributed by atoms with Gasteiger partial charge in [0.15, 0.2) is 0 Å². The molecule has 0 radical (unpaired) electrons. The van der Waals surface area contributed by atoms with Gasteiger partial charge in [-0.25, -0.2) is 4.98 Å². The van der Waals surface area contributed by atoms with Crippen LogP contribution in [0.3, 0.4) is 0 Å². The van der Waals surface area contributed by atoms with Crippen molar-refractivity contribution < 1.29 is 9.90 Å². The zero-order valence-electron chi connectivity index (χ0n) is 11.5. The monoisotopic (exact) mass is 261 g/mol. The van der Waals surface area contributed by atoms with Gasteiger partial charge in [-0.1, -0.05) is 13.8 Å². The van der Waals surface area contributed by atoms with E-state index in [-0.39, 0.29) is 17.9 Å². The summed E-state index contributed by atoms with van der Waals surface area (Å²) in [6, 6.07) is 5.42. The van der Waals surface area contributed by atoms with E-state index in [9.17, 15) is 4.79 Å². The summed E-state index contributed by atoms with van der Waals surface area (Å²) in [6.07, 6.45) is 1.72. The third-order valence-electron chi connectivity index (χ3n) is 3.14. The van der Waals surface area contributed by atoms with Gasteiger partial charge in [0.1, 0.15) is 0 Å². The second-order valence-electron chi connectivity index (χ2n) is 5.56. The van der Waals surface area contributed by atoms with Crippen LogP contribution in [0, 0.1) is 5.41 Å². The molecule has 0 atom stereocenters. The molecule has 0 spiro atoms. The highest BCUT2D eigenvalue weighted by atomic mass is 16.3. The van der Waals surface area contributed by atoms with Gasteiger partial charge in [-0.2, -0.15) is 0 Å². The highest BCUT2D eigenvalue weighted by molar-refractivity contribution is 5.97. The normalized spacial score (nSPS) is 11.8. The molecule has 0 bridgehead atoms. The highest BCUT2D eigenvalue weighted by Gasteiger charge is 2.18. The minimum atomic E-state index is -0.313. The Balaban J connectivity index is 2.15. The molecule has 2 aromatic rings. The Morgan fingerprint density at radius 2 is 2.21 bits per heavy atom. The van der Waals surface area contributed by atoms with Crippen LogP contribution in [-0.2, 0) is 7.05 Å². The van der Waals surface area contributed by atoms with Crippen LogP contribution in [-0.4, -0.2) is 33.7 Å². The fourth-order valence-electron chi connectivity index (χ4n) is 1.74. The number of nitrogens with zero attached hydrogens (tertiary/aromatic N) is 2. The molecule has 19 heavy (non-hydrogen) atoms. The van der Waals surface area contributed by atoms with E-state index in [4.69, 9.17) is 5.11 Å². The molecule has 5 nitrogen and oxygen atoms in total. The molecule has 1 amide bonds. The third kappa shape index (κ3) is 2.93. The lowest BCUT2D eigenvalue weighted by molar-refractivity contribution is 0.0911. The van der Waals surface area contributed by atoms with Gasteiger partial charge in [0.05, 0.1) is 17.4 Å². The average Bonchev–Trinajstić information content (AvgIpc) is 2.77. The first-order valence-corrected chi connectivity index (χ1v) is 6.23. The fourth-order valence-corrected chi connectivity index (χ4v) is 1.74. The van der Waals surface area contributed by atoms with Crippen molar-refractivity contribution in [2.45, 2.75) is 13.8 Å². The number of carbonyl (C=O) groups excluding carboxylic acids is 1. The number of nitrogens with one attached hydrogen (secondary N) is 1. The molecule has 0 fully saturated rings. The molecule has 1 aromatic carbocycles. The Kier molecular flexibility index (Phi) is 3.57. The summed E-state index contributed by atoms with van der Waals surface area (Å²) in [6.45, 7) is 4.27. The fraction of sp³-hybridized carbons (Fsp3) is 0.429. The van der Waals surface area contributed by atoms with Crippen LogP contribution in [0.1, 0.15) is 24.2 Å².